The highest BCUT2D eigenvalue weighted by Crippen LogP contribution is 2.40. The molecule has 0 saturated carbocycles. The van der Waals surface area contributed by atoms with Crippen LogP contribution in [0.25, 0.3) is 6.08 Å². The van der Waals surface area contributed by atoms with Crippen LogP contribution in [-0.2, 0) is 9.53 Å². The van der Waals surface area contributed by atoms with Crippen molar-refractivity contribution in [2.45, 2.75) is 18.6 Å². The molecule has 1 unspecified atom stereocenters. The fourth-order valence-corrected chi connectivity index (χ4v) is 1.92. The molecule has 0 fully saturated rings. The zero-order chi connectivity index (χ0) is 15.0. The van der Waals surface area contributed by atoms with Crippen LogP contribution >= 0.6 is 11.6 Å². The third kappa shape index (κ3) is 2.33. The van der Waals surface area contributed by atoms with Gasteiger partial charge in [0.2, 0.25) is 0 Å². The molecule has 0 radical (unpaired) electrons. The van der Waals surface area contributed by atoms with Crippen LogP contribution in [0.4, 0.5) is 19.0 Å². The van der Waals surface area contributed by atoms with E-state index in [2.05, 4.69) is 15.0 Å². The number of nitrogens with one attached hydrogen (secondary N) is 1. The van der Waals surface area contributed by atoms with Crippen LogP contribution in [0.1, 0.15) is 12.5 Å². The average molecular weight is 307 g/mol. The van der Waals surface area contributed by atoms with Gasteiger partial charge in [-0.3, -0.25) is 0 Å². The van der Waals surface area contributed by atoms with Gasteiger partial charge in [0.05, 0.1) is 6.61 Å². The zero-order valence-electron chi connectivity index (χ0n) is 10.3. The summed E-state index contributed by atoms with van der Waals surface area (Å²) in [6.45, 7) is 1.26. The van der Waals surface area contributed by atoms with E-state index in [1.54, 1.807) is 0 Å². The molecule has 1 N–H and O–H groups in total. The lowest BCUT2D eigenvalue weighted by Crippen LogP contribution is -2.58. The molecule has 1 aromatic rings. The number of pyridine rings is 1. The van der Waals surface area contributed by atoms with Gasteiger partial charge in [0.25, 0.3) is 5.54 Å². The van der Waals surface area contributed by atoms with Crippen molar-refractivity contribution in [3.8, 4) is 0 Å². The van der Waals surface area contributed by atoms with Gasteiger partial charge in [0.15, 0.2) is 0 Å². The highest BCUT2D eigenvalue weighted by Gasteiger charge is 2.61. The Balaban J connectivity index is 2.50. The highest BCUT2D eigenvalue weighted by molar-refractivity contribution is 6.29. The second-order valence-electron chi connectivity index (χ2n) is 4.06. The molecule has 4 nitrogen and oxygen atoms in total. The average Bonchev–Trinajstić information content (AvgIpc) is 2.36. The maximum atomic E-state index is 13.3. The summed E-state index contributed by atoms with van der Waals surface area (Å²) >= 11 is 5.65. The van der Waals surface area contributed by atoms with E-state index < -0.39 is 17.7 Å². The summed E-state index contributed by atoms with van der Waals surface area (Å²) in [5.41, 5.74) is -2.55. The topological polar surface area (TPSA) is 51.2 Å². The molecular weight excluding hydrogens is 297 g/mol. The first-order valence-electron chi connectivity index (χ1n) is 5.68. The van der Waals surface area contributed by atoms with Gasteiger partial charge in [-0.15, -0.1) is 0 Å². The van der Waals surface area contributed by atoms with E-state index in [-0.39, 0.29) is 17.6 Å². The molecule has 0 bridgehead atoms. The molecule has 1 aromatic heterocycles. The number of esters is 1. The Kier molecular flexibility index (Phi) is 3.64. The Bertz CT molecular complexity index is 574. The van der Waals surface area contributed by atoms with Gasteiger partial charge >= 0.3 is 12.1 Å². The molecule has 0 saturated heterocycles. The van der Waals surface area contributed by atoms with Crippen LogP contribution in [0.5, 0.6) is 0 Å². The number of hydrogen-bond acceptors (Lipinski definition) is 4. The number of anilines is 1. The van der Waals surface area contributed by atoms with Crippen molar-refractivity contribution in [2.24, 2.45) is 0 Å². The Labute approximate surface area is 117 Å². The van der Waals surface area contributed by atoms with Gasteiger partial charge in [0.1, 0.15) is 11.0 Å². The number of aromatic nitrogens is 1. The molecular formula is C12H10ClF3N2O2. The number of rotatable bonds is 2. The minimum atomic E-state index is -4.88. The van der Waals surface area contributed by atoms with E-state index in [4.69, 9.17) is 11.6 Å². The number of ether oxygens (including phenoxy) is 1. The monoisotopic (exact) mass is 306 g/mol. The molecule has 0 aromatic carbocycles. The van der Waals surface area contributed by atoms with Crippen molar-refractivity contribution < 1.29 is 22.7 Å². The largest absolute Gasteiger partial charge is 0.464 e. The van der Waals surface area contributed by atoms with Crippen molar-refractivity contribution in [1.82, 2.24) is 4.98 Å². The zero-order valence-corrected chi connectivity index (χ0v) is 11.0. The van der Waals surface area contributed by atoms with Crippen molar-refractivity contribution in [1.29, 1.82) is 0 Å². The number of carbonyl (C=O) groups excluding carboxylic acids is 1. The van der Waals surface area contributed by atoms with Gasteiger partial charge < -0.3 is 10.1 Å². The summed E-state index contributed by atoms with van der Waals surface area (Å²) in [7, 11) is 0. The van der Waals surface area contributed by atoms with Crippen LogP contribution in [-0.4, -0.2) is 29.3 Å². The van der Waals surface area contributed by atoms with E-state index in [9.17, 15) is 18.0 Å². The van der Waals surface area contributed by atoms with Gasteiger partial charge in [-0.05, 0) is 25.1 Å². The Morgan fingerprint density at radius 3 is 2.80 bits per heavy atom. The standard InChI is InChI=1S/C12H10ClF3N2O2/c1-2-20-10(19)11(12(14,15)16)6-5-7-3-4-8(13)17-9(7)18-11/h3-6H,2H2,1H3,(H,17,18). The minimum absolute atomic E-state index is 0.0199. The molecule has 108 valence electrons. The van der Waals surface area contributed by atoms with E-state index in [1.165, 1.54) is 25.1 Å². The molecule has 0 amide bonds. The summed E-state index contributed by atoms with van der Waals surface area (Å²) in [4.78, 5) is 15.5. The van der Waals surface area contributed by atoms with Crippen LogP contribution in [0.2, 0.25) is 5.15 Å². The maximum Gasteiger partial charge on any atom is 0.426 e. The number of fused-ring (bicyclic) bond motifs is 1. The molecule has 2 heterocycles. The van der Waals surface area contributed by atoms with Crippen LogP contribution in [0.15, 0.2) is 18.2 Å². The van der Waals surface area contributed by atoms with Crippen LogP contribution in [0.3, 0.4) is 0 Å². The molecule has 1 aliphatic heterocycles. The molecule has 20 heavy (non-hydrogen) atoms. The van der Waals surface area contributed by atoms with Gasteiger partial charge in [-0.25, -0.2) is 9.78 Å². The van der Waals surface area contributed by atoms with E-state index in [1.807, 2.05) is 0 Å². The molecule has 1 aliphatic rings. The highest BCUT2D eigenvalue weighted by atomic mass is 35.5. The normalized spacial score (nSPS) is 21.1. The summed E-state index contributed by atoms with van der Waals surface area (Å²) in [6.07, 6.45) is -2.99. The molecule has 0 spiro atoms. The number of hydrogen-bond donors (Lipinski definition) is 1. The quantitative estimate of drug-likeness (QED) is 0.674. The molecule has 8 heteroatoms. The van der Waals surface area contributed by atoms with E-state index in [0.717, 1.165) is 6.08 Å². The number of nitrogens with zero attached hydrogens (tertiary/aromatic N) is 1. The number of halogens is 4. The summed E-state index contributed by atoms with van der Waals surface area (Å²) in [5, 5.41) is 2.11. The first-order chi connectivity index (χ1) is 9.30. The Hall–Kier alpha value is -1.76. The predicted molar refractivity (Wildman–Crippen MR) is 67.3 cm³/mol. The maximum absolute atomic E-state index is 13.3. The van der Waals surface area contributed by atoms with Gasteiger partial charge in [0, 0.05) is 5.56 Å². The van der Waals surface area contributed by atoms with E-state index >= 15 is 0 Å². The number of alkyl halides is 3. The first-order valence-corrected chi connectivity index (χ1v) is 6.06. The fraction of sp³-hybridized carbons (Fsp3) is 0.333. The molecule has 1 atom stereocenters. The third-order valence-electron chi connectivity index (χ3n) is 2.77. The fourth-order valence-electron chi connectivity index (χ4n) is 1.77. The van der Waals surface area contributed by atoms with Crippen molar-refractivity contribution in [3.05, 3.63) is 28.9 Å². The van der Waals surface area contributed by atoms with Crippen molar-refractivity contribution in [3.63, 3.8) is 0 Å². The lowest BCUT2D eigenvalue weighted by molar-refractivity contribution is -0.190. The number of carbonyl (C=O) groups is 1. The second kappa shape index (κ2) is 4.97. The van der Waals surface area contributed by atoms with Crippen LogP contribution < -0.4 is 5.32 Å². The smallest absolute Gasteiger partial charge is 0.426 e. The Morgan fingerprint density at radius 2 is 2.20 bits per heavy atom. The second-order valence-corrected chi connectivity index (χ2v) is 4.44. The SMILES string of the molecule is CCOC(=O)C1(C(F)(F)F)C=Cc2ccc(Cl)nc2N1. The van der Waals surface area contributed by atoms with Gasteiger partial charge in [-0.1, -0.05) is 17.7 Å². The molecule has 0 aliphatic carbocycles. The summed E-state index contributed by atoms with van der Waals surface area (Å²) in [5.74, 6) is -1.55. The van der Waals surface area contributed by atoms with E-state index in [0.29, 0.717) is 5.56 Å². The predicted octanol–water partition coefficient (Wildman–Crippen LogP) is 3.04. The summed E-state index contributed by atoms with van der Waals surface area (Å²) < 4.78 is 44.4. The first kappa shape index (κ1) is 14.6. The summed E-state index contributed by atoms with van der Waals surface area (Å²) in [6, 6.07) is 2.94. The van der Waals surface area contributed by atoms with Crippen LogP contribution in [0, 0.1) is 0 Å². The third-order valence-corrected chi connectivity index (χ3v) is 2.98. The van der Waals surface area contributed by atoms with Gasteiger partial charge in [-0.2, -0.15) is 13.2 Å². The molecule has 2 rings (SSSR count). The lowest BCUT2D eigenvalue weighted by atomic mass is 9.93. The van der Waals surface area contributed by atoms with Crippen molar-refractivity contribution >= 4 is 29.5 Å². The minimum Gasteiger partial charge on any atom is -0.464 e. The van der Waals surface area contributed by atoms with Crippen molar-refractivity contribution in [2.75, 3.05) is 11.9 Å². The lowest BCUT2D eigenvalue weighted by Gasteiger charge is -2.34. The Morgan fingerprint density at radius 1 is 1.50 bits per heavy atom.